The van der Waals surface area contributed by atoms with Crippen LogP contribution in [0.5, 0.6) is 0 Å². The van der Waals surface area contributed by atoms with Crippen molar-refractivity contribution in [2.45, 2.75) is 19.0 Å². The molecule has 0 aromatic carbocycles. The van der Waals surface area contributed by atoms with E-state index >= 15 is 0 Å². The lowest BCUT2D eigenvalue weighted by atomic mass is 9.98. The number of thiocarbonyl (C=S) groups is 1. The van der Waals surface area contributed by atoms with Crippen LogP contribution in [0.4, 0.5) is 13.2 Å². The van der Waals surface area contributed by atoms with E-state index in [0.717, 1.165) is 0 Å². The van der Waals surface area contributed by atoms with Crippen LogP contribution in [-0.4, -0.2) is 36.3 Å². The van der Waals surface area contributed by atoms with Crippen LogP contribution in [0.2, 0.25) is 0 Å². The zero-order valence-corrected chi connectivity index (χ0v) is 8.71. The Labute approximate surface area is 86.5 Å². The Morgan fingerprint density at radius 2 is 2.14 bits per heavy atom. The van der Waals surface area contributed by atoms with E-state index < -0.39 is 12.1 Å². The van der Waals surface area contributed by atoms with Crippen LogP contribution >= 0.6 is 12.2 Å². The molecular weight excluding hydrogens is 213 g/mol. The average molecular weight is 226 g/mol. The quantitative estimate of drug-likeness (QED) is 0.634. The number of nitrogens with zero attached hydrogens (tertiary/aromatic N) is 1. The van der Waals surface area contributed by atoms with Crippen LogP contribution in [0.3, 0.4) is 0 Å². The first-order valence-corrected chi connectivity index (χ1v) is 4.89. The Morgan fingerprint density at radius 3 is 2.64 bits per heavy atom. The van der Waals surface area contributed by atoms with Crippen LogP contribution in [0.1, 0.15) is 12.8 Å². The van der Waals surface area contributed by atoms with E-state index in [9.17, 15) is 13.2 Å². The molecule has 2 nitrogen and oxygen atoms in total. The minimum absolute atomic E-state index is 0.0107. The first kappa shape index (κ1) is 11.6. The lowest BCUT2D eigenvalue weighted by molar-refractivity contribution is -0.183. The fourth-order valence-electron chi connectivity index (χ4n) is 1.59. The Morgan fingerprint density at radius 1 is 1.50 bits per heavy atom. The van der Waals surface area contributed by atoms with Crippen molar-refractivity contribution >= 4 is 17.3 Å². The van der Waals surface area contributed by atoms with Crippen molar-refractivity contribution < 1.29 is 13.2 Å². The first-order valence-electron chi connectivity index (χ1n) is 4.48. The molecule has 1 N–H and O–H groups in total. The lowest BCUT2D eigenvalue weighted by Gasteiger charge is -2.34. The number of likely N-dealkylation sites (tertiary alicyclic amines) is 1. The Balaban J connectivity index is 2.56. The van der Waals surface area contributed by atoms with Crippen LogP contribution in [0.15, 0.2) is 0 Å². The van der Waals surface area contributed by atoms with Gasteiger partial charge in [-0.15, -0.1) is 0 Å². The highest BCUT2D eigenvalue weighted by Crippen LogP contribution is 2.32. The molecule has 1 saturated heterocycles. The summed E-state index contributed by atoms with van der Waals surface area (Å²) in [4.78, 5) is 1.58. The predicted octanol–water partition coefficient (Wildman–Crippen LogP) is 1.77. The Bertz CT molecular complexity index is 217. The molecule has 0 aromatic rings. The van der Waals surface area contributed by atoms with Gasteiger partial charge in [0.05, 0.1) is 5.92 Å². The molecule has 14 heavy (non-hydrogen) atoms. The van der Waals surface area contributed by atoms with Crippen molar-refractivity contribution in [1.82, 2.24) is 10.2 Å². The molecule has 0 amide bonds. The summed E-state index contributed by atoms with van der Waals surface area (Å²) >= 11 is 4.90. The smallest absolute Gasteiger partial charge is 0.366 e. The molecule has 1 fully saturated rings. The number of alkyl halides is 3. The molecule has 1 rings (SSSR count). The number of nitrogens with one attached hydrogen (secondary N) is 1. The molecule has 0 spiro atoms. The van der Waals surface area contributed by atoms with Gasteiger partial charge in [-0.1, -0.05) is 0 Å². The third-order valence-electron chi connectivity index (χ3n) is 2.39. The maximum atomic E-state index is 12.4. The third-order valence-corrected chi connectivity index (χ3v) is 2.85. The summed E-state index contributed by atoms with van der Waals surface area (Å²) in [7, 11) is 1.62. The molecule has 1 aliphatic rings. The molecule has 0 aliphatic carbocycles. The Kier molecular flexibility index (Phi) is 3.58. The van der Waals surface area contributed by atoms with Crippen molar-refractivity contribution in [2.75, 3.05) is 20.1 Å². The van der Waals surface area contributed by atoms with Gasteiger partial charge in [0.15, 0.2) is 5.11 Å². The van der Waals surface area contributed by atoms with Crippen LogP contribution in [-0.2, 0) is 0 Å². The predicted molar refractivity (Wildman–Crippen MR) is 52.0 cm³/mol. The van der Waals surface area contributed by atoms with Crippen LogP contribution in [0, 0.1) is 5.92 Å². The van der Waals surface area contributed by atoms with E-state index in [1.807, 2.05) is 0 Å². The molecule has 0 radical (unpaired) electrons. The summed E-state index contributed by atoms with van der Waals surface area (Å²) in [6.07, 6.45) is -3.33. The molecular formula is C8H13F3N2S. The number of hydrogen-bond acceptors (Lipinski definition) is 1. The fraction of sp³-hybridized carbons (Fsp3) is 0.875. The van der Waals surface area contributed by atoms with Gasteiger partial charge in [0.2, 0.25) is 0 Å². The number of hydrogen-bond donors (Lipinski definition) is 1. The van der Waals surface area contributed by atoms with Crippen LogP contribution < -0.4 is 5.32 Å². The van der Waals surface area contributed by atoms with Gasteiger partial charge in [-0.25, -0.2) is 0 Å². The standard InChI is InChI=1S/C8H13F3N2S/c1-12-7(14)13-4-2-3-6(5-13)8(9,10)11/h6H,2-5H2,1H3,(H,12,14). The van der Waals surface area contributed by atoms with Crippen molar-refractivity contribution in [3.63, 3.8) is 0 Å². The zero-order valence-electron chi connectivity index (χ0n) is 7.90. The summed E-state index contributed by atoms with van der Waals surface area (Å²) in [5, 5.41) is 3.10. The average Bonchev–Trinajstić information content (AvgIpc) is 2.15. The minimum atomic E-state index is -4.10. The maximum absolute atomic E-state index is 12.4. The van der Waals surface area contributed by atoms with Crippen molar-refractivity contribution in [3.8, 4) is 0 Å². The van der Waals surface area contributed by atoms with Gasteiger partial charge in [-0.2, -0.15) is 13.2 Å². The second-order valence-corrected chi connectivity index (χ2v) is 3.77. The van der Waals surface area contributed by atoms with Gasteiger partial charge in [0.1, 0.15) is 0 Å². The van der Waals surface area contributed by atoms with Crippen LogP contribution in [0.25, 0.3) is 0 Å². The van der Waals surface area contributed by atoms with Gasteiger partial charge in [0.25, 0.3) is 0 Å². The SMILES string of the molecule is CNC(=S)N1CCCC(C(F)(F)F)C1. The molecule has 0 bridgehead atoms. The second-order valence-electron chi connectivity index (χ2n) is 3.38. The van der Waals surface area contributed by atoms with Crippen molar-refractivity contribution in [3.05, 3.63) is 0 Å². The van der Waals surface area contributed by atoms with Crippen molar-refractivity contribution in [1.29, 1.82) is 0 Å². The molecule has 1 aliphatic heterocycles. The normalized spacial score (nSPS) is 23.4. The van der Waals surface area contributed by atoms with Crippen molar-refractivity contribution in [2.24, 2.45) is 5.92 Å². The third kappa shape index (κ3) is 2.73. The molecule has 0 saturated carbocycles. The lowest BCUT2D eigenvalue weighted by Crippen LogP contribution is -2.47. The fourth-order valence-corrected chi connectivity index (χ4v) is 1.75. The number of rotatable bonds is 0. The van der Waals surface area contributed by atoms with Gasteiger partial charge >= 0.3 is 6.18 Å². The van der Waals surface area contributed by atoms with E-state index in [0.29, 0.717) is 18.1 Å². The van der Waals surface area contributed by atoms with Gasteiger partial charge in [0, 0.05) is 20.1 Å². The molecule has 1 atom stereocenters. The van der Waals surface area contributed by atoms with E-state index in [1.54, 1.807) is 11.9 Å². The van der Waals surface area contributed by atoms with Gasteiger partial charge in [-0.3, -0.25) is 0 Å². The van der Waals surface area contributed by atoms with E-state index in [-0.39, 0.29) is 13.0 Å². The highest BCUT2D eigenvalue weighted by molar-refractivity contribution is 7.80. The second kappa shape index (κ2) is 4.33. The number of piperidine rings is 1. The molecule has 6 heteroatoms. The molecule has 1 unspecified atom stereocenters. The first-order chi connectivity index (χ1) is 6.45. The molecule has 82 valence electrons. The summed E-state index contributed by atoms with van der Waals surface area (Å²) in [5.41, 5.74) is 0. The van der Waals surface area contributed by atoms with Gasteiger partial charge in [-0.05, 0) is 25.1 Å². The Hall–Kier alpha value is -0.520. The summed E-state index contributed by atoms with van der Waals surface area (Å²) in [6.45, 7) is 0.607. The molecule has 1 heterocycles. The summed E-state index contributed by atoms with van der Waals surface area (Å²) in [6, 6.07) is 0. The summed E-state index contributed by atoms with van der Waals surface area (Å²) in [5.74, 6) is -1.23. The summed E-state index contributed by atoms with van der Waals surface area (Å²) < 4.78 is 37.2. The monoisotopic (exact) mass is 226 g/mol. The molecule has 0 aromatic heterocycles. The van der Waals surface area contributed by atoms with Gasteiger partial charge < -0.3 is 10.2 Å². The van der Waals surface area contributed by atoms with E-state index in [4.69, 9.17) is 12.2 Å². The topological polar surface area (TPSA) is 15.3 Å². The minimum Gasteiger partial charge on any atom is -0.366 e. The zero-order chi connectivity index (χ0) is 10.8. The maximum Gasteiger partial charge on any atom is 0.393 e. The van der Waals surface area contributed by atoms with E-state index in [2.05, 4.69) is 5.32 Å². The highest BCUT2D eigenvalue weighted by Gasteiger charge is 2.42. The largest absolute Gasteiger partial charge is 0.393 e. The number of halogens is 3. The highest BCUT2D eigenvalue weighted by atomic mass is 32.1. The van der Waals surface area contributed by atoms with E-state index in [1.165, 1.54) is 0 Å².